The lowest BCUT2D eigenvalue weighted by Gasteiger charge is -2.08. The summed E-state index contributed by atoms with van der Waals surface area (Å²) in [5.41, 5.74) is 3.81. The number of nitrogens with zero attached hydrogens (tertiary/aromatic N) is 1. The SMILES string of the molecule is CCOC(=O)CCCNC(=O)c1c[nH]c(-c2cc(Oc3ccc(CC(=O)Cc4cc(C)ccc4F)cc3)ccn2)c1. The van der Waals surface area contributed by atoms with E-state index in [9.17, 15) is 18.8 Å². The number of pyridine rings is 1. The van der Waals surface area contributed by atoms with Crippen LogP contribution < -0.4 is 10.1 Å². The molecule has 0 saturated heterocycles. The first kappa shape index (κ1) is 29.2. The van der Waals surface area contributed by atoms with Gasteiger partial charge in [-0.25, -0.2) is 4.39 Å². The molecule has 1 amide bonds. The Morgan fingerprint density at radius 2 is 1.78 bits per heavy atom. The molecule has 0 radical (unpaired) electrons. The zero-order valence-electron chi connectivity index (χ0n) is 23.0. The number of amides is 1. The molecule has 0 aliphatic carbocycles. The molecular formula is C32H32FN3O5. The number of Topliss-reactive ketones (excluding diaryl/α,β-unsaturated/α-hetero) is 1. The van der Waals surface area contributed by atoms with E-state index in [1.165, 1.54) is 6.07 Å². The van der Waals surface area contributed by atoms with Gasteiger partial charge in [0.05, 0.1) is 23.6 Å². The van der Waals surface area contributed by atoms with Gasteiger partial charge in [-0.1, -0.05) is 29.8 Å². The summed E-state index contributed by atoms with van der Waals surface area (Å²) in [6.45, 7) is 4.32. The van der Waals surface area contributed by atoms with Crippen LogP contribution in [-0.4, -0.2) is 40.8 Å². The van der Waals surface area contributed by atoms with E-state index in [0.717, 1.165) is 11.1 Å². The molecule has 2 N–H and O–H groups in total. The van der Waals surface area contributed by atoms with Crippen LogP contribution in [0.3, 0.4) is 0 Å². The number of benzene rings is 2. The summed E-state index contributed by atoms with van der Waals surface area (Å²) >= 11 is 0. The summed E-state index contributed by atoms with van der Waals surface area (Å²) in [6, 6.07) is 17.1. The Kier molecular flexibility index (Phi) is 9.99. The largest absolute Gasteiger partial charge is 0.466 e. The van der Waals surface area contributed by atoms with Gasteiger partial charge in [-0.3, -0.25) is 19.4 Å². The average Bonchev–Trinajstić information content (AvgIpc) is 3.45. The third-order valence-corrected chi connectivity index (χ3v) is 6.25. The van der Waals surface area contributed by atoms with E-state index in [1.807, 2.05) is 19.1 Å². The van der Waals surface area contributed by atoms with Crippen LogP contribution in [0.2, 0.25) is 0 Å². The Morgan fingerprint density at radius 3 is 2.56 bits per heavy atom. The van der Waals surface area contributed by atoms with Crippen molar-refractivity contribution in [2.24, 2.45) is 0 Å². The lowest BCUT2D eigenvalue weighted by atomic mass is 10.0. The number of aryl methyl sites for hydroxylation is 1. The second-order valence-electron chi connectivity index (χ2n) is 9.58. The number of rotatable bonds is 13. The maximum atomic E-state index is 14.0. The number of carbonyl (C=O) groups excluding carboxylic acids is 3. The van der Waals surface area contributed by atoms with E-state index in [1.54, 1.807) is 61.8 Å². The summed E-state index contributed by atoms with van der Waals surface area (Å²) in [6.07, 6.45) is 4.19. The van der Waals surface area contributed by atoms with Crippen LogP contribution >= 0.6 is 0 Å². The van der Waals surface area contributed by atoms with E-state index in [2.05, 4.69) is 15.3 Å². The number of H-pyrrole nitrogens is 1. The smallest absolute Gasteiger partial charge is 0.305 e. The molecule has 9 heteroatoms. The zero-order valence-corrected chi connectivity index (χ0v) is 23.0. The number of hydrogen-bond donors (Lipinski definition) is 2. The molecule has 0 atom stereocenters. The number of ether oxygens (including phenoxy) is 2. The van der Waals surface area contributed by atoms with E-state index in [-0.39, 0.29) is 42.7 Å². The summed E-state index contributed by atoms with van der Waals surface area (Å²) in [7, 11) is 0. The number of esters is 1. The first-order valence-corrected chi connectivity index (χ1v) is 13.4. The first-order valence-electron chi connectivity index (χ1n) is 13.4. The molecule has 0 fully saturated rings. The number of halogens is 1. The molecule has 4 aromatic rings. The monoisotopic (exact) mass is 557 g/mol. The van der Waals surface area contributed by atoms with Gasteiger partial charge in [0.1, 0.15) is 23.1 Å². The molecule has 0 aliphatic heterocycles. The zero-order chi connectivity index (χ0) is 29.2. The van der Waals surface area contributed by atoms with Gasteiger partial charge in [-0.05, 0) is 61.7 Å². The molecule has 2 aromatic heterocycles. The van der Waals surface area contributed by atoms with Crippen molar-refractivity contribution >= 4 is 17.7 Å². The minimum absolute atomic E-state index is 0.0448. The van der Waals surface area contributed by atoms with Crippen molar-refractivity contribution in [1.82, 2.24) is 15.3 Å². The van der Waals surface area contributed by atoms with Crippen LogP contribution in [0.1, 0.15) is 46.8 Å². The molecule has 0 saturated carbocycles. The van der Waals surface area contributed by atoms with Crippen molar-refractivity contribution in [3.8, 4) is 22.9 Å². The highest BCUT2D eigenvalue weighted by Crippen LogP contribution is 2.26. The van der Waals surface area contributed by atoms with Crippen LogP contribution in [-0.2, 0) is 27.2 Å². The number of hydrogen-bond acceptors (Lipinski definition) is 6. The molecule has 4 rings (SSSR count). The maximum absolute atomic E-state index is 14.0. The number of ketones is 1. The molecule has 2 aromatic carbocycles. The topological polar surface area (TPSA) is 110 Å². The molecule has 41 heavy (non-hydrogen) atoms. The van der Waals surface area contributed by atoms with Crippen molar-refractivity contribution < 1.29 is 28.2 Å². The van der Waals surface area contributed by atoms with E-state index < -0.39 is 0 Å². The van der Waals surface area contributed by atoms with Gasteiger partial charge in [0.25, 0.3) is 5.91 Å². The third-order valence-electron chi connectivity index (χ3n) is 6.25. The van der Waals surface area contributed by atoms with E-state index in [0.29, 0.717) is 53.6 Å². The van der Waals surface area contributed by atoms with Gasteiger partial charge >= 0.3 is 5.97 Å². The minimum atomic E-state index is -0.369. The average molecular weight is 558 g/mol. The standard InChI is InChI=1S/C32H32FN3O5/c1-3-40-31(38)5-4-13-35-32(39)24-18-29(36-20-24)30-19-27(12-14-34-30)41-26-9-7-22(8-10-26)16-25(37)17-23-15-21(2)6-11-28(23)33/h6-12,14-15,18-20,36H,3-5,13,16-17H2,1-2H3,(H,35,39). The molecule has 0 unspecified atom stereocenters. The molecular weight excluding hydrogens is 525 g/mol. The Hall–Kier alpha value is -4.79. The highest BCUT2D eigenvalue weighted by Gasteiger charge is 2.13. The molecule has 0 aliphatic rings. The van der Waals surface area contributed by atoms with Crippen molar-refractivity contribution in [1.29, 1.82) is 0 Å². The first-order chi connectivity index (χ1) is 19.8. The van der Waals surface area contributed by atoms with E-state index >= 15 is 0 Å². The van der Waals surface area contributed by atoms with Crippen LogP contribution in [0, 0.1) is 12.7 Å². The highest BCUT2D eigenvalue weighted by atomic mass is 19.1. The molecule has 0 bridgehead atoms. The number of aromatic nitrogens is 2. The van der Waals surface area contributed by atoms with Crippen LogP contribution in [0.15, 0.2) is 73.1 Å². The summed E-state index contributed by atoms with van der Waals surface area (Å²) in [4.78, 5) is 43.8. The van der Waals surface area contributed by atoms with Gasteiger partial charge in [-0.15, -0.1) is 0 Å². The second-order valence-corrected chi connectivity index (χ2v) is 9.58. The van der Waals surface area contributed by atoms with Crippen molar-refractivity contribution in [3.05, 3.63) is 101 Å². The molecule has 8 nitrogen and oxygen atoms in total. The predicted octanol–water partition coefficient (Wildman–Crippen LogP) is 5.74. The fourth-order valence-corrected chi connectivity index (χ4v) is 4.22. The van der Waals surface area contributed by atoms with Gasteiger partial charge in [-0.2, -0.15) is 0 Å². The summed E-state index contributed by atoms with van der Waals surface area (Å²) < 4.78 is 24.9. The second kappa shape index (κ2) is 14.0. The van der Waals surface area contributed by atoms with Gasteiger partial charge in [0.15, 0.2) is 0 Å². The molecule has 2 heterocycles. The predicted molar refractivity (Wildman–Crippen MR) is 152 cm³/mol. The normalized spacial score (nSPS) is 10.7. The Bertz CT molecular complexity index is 1510. The van der Waals surface area contributed by atoms with E-state index in [4.69, 9.17) is 9.47 Å². The Labute approximate surface area is 237 Å². The van der Waals surface area contributed by atoms with Crippen molar-refractivity contribution in [2.75, 3.05) is 13.2 Å². The van der Waals surface area contributed by atoms with Crippen molar-refractivity contribution in [3.63, 3.8) is 0 Å². The quantitative estimate of drug-likeness (QED) is 0.160. The fraction of sp³-hybridized carbons (Fsp3) is 0.250. The van der Waals surface area contributed by atoms with Gasteiger partial charge in [0, 0.05) is 44.3 Å². The lowest BCUT2D eigenvalue weighted by molar-refractivity contribution is -0.143. The van der Waals surface area contributed by atoms with Crippen LogP contribution in [0.5, 0.6) is 11.5 Å². The number of aromatic amines is 1. The van der Waals surface area contributed by atoms with Gasteiger partial charge < -0.3 is 19.8 Å². The third kappa shape index (κ3) is 8.60. The fourth-order valence-electron chi connectivity index (χ4n) is 4.22. The Morgan fingerprint density at radius 1 is 0.976 bits per heavy atom. The van der Waals surface area contributed by atoms with Crippen molar-refractivity contribution in [2.45, 2.75) is 39.5 Å². The highest BCUT2D eigenvalue weighted by molar-refractivity contribution is 5.95. The molecule has 0 spiro atoms. The summed E-state index contributed by atoms with van der Waals surface area (Å²) in [5.74, 6) is 0.150. The van der Waals surface area contributed by atoms with Crippen LogP contribution in [0.4, 0.5) is 4.39 Å². The lowest BCUT2D eigenvalue weighted by Crippen LogP contribution is -2.24. The number of carbonyl (C=O) groups is 3. The van der Waals surface area contributed by atoms with Crippen LogP contribution in [0.25, 0.3) is 11.4 Å². The van der Waals surface area contributed by atoms with Gasteiger partial charge in [0.2, 0.25) is 0 Å². The Balaban J connectivity index is 1.30. The number of nitrogens with one attached hydrogen (secondary N) is 2. The molecule has 212 valence electrons. The maximum Gasteiger partial charge on any atom is 0.305 e. The minimum Gasteiger partial charge on any atom is -0.466 e. The summed E-state index contributed by atoms with van der Waals surface area (Å²) in [5, 5.41) is 2.79.